The Labute approximate surface area is 109 Å². The van der Waals surface area contributed by atoms with E-state index in [4.69, 9.17) is 10.5 Å². The van der Waals surface area contributed by atoms with E-state index in [1.165, 1.54) is 11.1 Å². The number of nitrogens with zero attached hydrogens (tertiary/aromatic N) is 1. The maximum Gasteiger partial charge on any atom is 0.123 e. The molecule has 0 saturated heterocycles. The Bertz CT molecular complexity index is 394. The molecule has 0 aliphatic rings. The zero-order valence-electron chi connectivity index (χ0n) is 11.7. The van der Waals surface area contributed by atoms with Crippen LogP contribution in [-0.2, 0) is 6.54 Å². The molecule has 4 heteroatoms. The number of likely N-dealkylation sites (N-methyl/N-ethyl adjacent to an activating group) is 1. The van der Waals surface area contributed by atoms with Crippen molar-refractivity contribution in [1.29, 1.82) is 0 Å². The van der Waals surface area contributed by atoms with Crippen LogP contribution in [0.25, 0.3) is 0 Å². The fourth-order valence-corrected chi connectivity index (χ4v) is 2.11. The number of nitrogens with two attached hydrogens (primary N) is 1. The highest BCUT2D eigenvalue weighted by Crippen LogP contribution is 2.25. The van der Waals surface area contributed by atoms with Crippen molar-refractivity contribution >= 4 is 0 Å². The van der Waals surface area contributed by atoms with Crippen LogP contribution in [-0.4, -0.2) is 43.4 Å². The molecule has 0 aromatic heterocycles. The van der Waals surface area contributed by atoms with Crippen LogP contribution in [0.5, 0.6) is 5.75 Å². The van der Waals surface area contributed by atoms with Gasteiger partial charge in [0.15, 0.2) is 0 Å². The Morgan fingerprint density at radius 3 is 2.61 bits per heavy atom. The maximum absolute atomic E-state index is 9.55. The number of methoxy groups -OCH3 is 1. The van der Waals surface area contributed by atoms with Crippen LogP contribution in [0.4, 0.5) is 0 Å². The van der Waals surface area contributed by atoms with Crippen LogP contribution in [0.3, 0.4) is 0 Å². The Balaban J connectivity index is 2.83. The molecule has 0 amide bonds. The summed E-state index contributed by atoms with van der Waals surface area (Å²) in [6.45, 7) is 5.73. The molecule has 0 spiro atoms. The molecule has 1 aromatic carbocycles. The van der Waals surface area contributed by atoms with Crippen molar-refractivity contribution in [2.45, 2.75) is 26.5 Å². The summed E-state index contributed by atoms with van der Waals surface area (Å²) in [5.74, 6) is 0.904. The molecule has 0 bridgehead atoms. The van der Waals surface area contributed by atoms with E-state index in [0.717, 1.165) is 17.9 Å². The first kappa shape index (κ1) is 15.0. The lowest BCUT2D eigenvalue weighted by atomic mass is 10.0. The molecule has 0 aliphatic heterocycles. The van der Waals surface area contributed by atoms with Gasteiger partial charge in [0.1, 0.15) is 5.75 Å². The van der Waals surface area contributed by atoms with Crippen LogP contribution >= 0.6 is 0 Å². The normalized spacial score (nSPS) is 12.8. The van der Waals surface area contributed by atoms with Gasteiger partial charge in [0.05, 0.1) is 13.2 Å². The number of aryl methyl sites for hydroxylation is 2. The van der Waals surface area contributed by atoms with Gasteiger partial charge in [-0.15, -0.1) is 0 Å². The van der Waals surface area contributed by atoms with Gasteiger partial charge in [-0.05, 0) is 38.1 Å². The number of aliphatic hydroxyl groups excluding tert-OH is 1. The monoisotopic (exact) mass is 252 g/mol. The van der Waals surface area contributed by atoms with Crippen molar-refractivity contribution in [3.63, 3.8) is 0 Å². The fourth-order valence-electron chi connectivity index (χ4n) is 2.11. The quantitative estimate of drug-likeness (QED) is 0.795. The molecule has 0 heterocycles. The standard InChI is InChI=1S/C14H24N2O2/c1-10-5-11(2)13(14(6-10)18-4)9-16(3)8-12(17)7-15/h5-6,12,17H,7-9,15H2,1-4H3. The third kappa shape index (κ3) is 3.98. The van der Waals surface area contributed by atoms with Gasteiger partial charge in [-0.3, -0.25) is 4.90 Å². The summed E-state index contributed by atoms with van der Waals surface area (Å²) >= 11 is 0. The van der Waals surface area contributed by atoms with Crippen molar-refractivity contribution in [3.8, 4) is 5.75 Å². The lowest BCUT2D eigenvalue weighted by Gasteiger charge is -2.22. The molecule has 0 fully saturated rings. The van der Waals surface area contributed by atoms with Crippen molar-refractivity contribution in [2.75, 3.05) is 27.2 Å². The Kier molecular flexibility index (Phi) is 5.59. The number of ether oxygens (including phenoxy) is 1. The first-order chi connectivity index (χ1) is 8.47. The van der Waals surface area contributed by atoms with E-state index >= 15 is 0 Å². The van der Waals surface area contributed by atoms with E-state index in [9.17, 15) is 5.11 Å². The largest absolute Gasteiger partial charge is 0.496 e. The predicted molar refractivity (Wildman–Crippen MR) is 73.9 cm³/mol. The van der Waals surface area contributed by atoms with Crippen LogP contribution in [0.1, 0.15) is 16.7 Å². The van der Waals surface area contributed by atoms with Gasteiger partial charge >= 0.3 is 0 Å². The van der Waals surface area contributed by atoms with Gasteiger partial charge in [-0.25, -0.2) is 0 Å². The van der Waals surface area contributed by atoms with Crippen molar-refractivity contribution in [2.24, 2.45) is 5.73 Å². The minimum Gasteiger partial charge on any atom is -0.496 e. The van der Waals surface area contributed by atoms with Crippen LogP contribution in [0, 0.1) is 13.8 Å². The van der Waals surface area contributed by atoms with Crippen molar-refractivity contribution < 1.29 is 9.84 Å². The summed E-state index contributed by atoms with van der Waals surface area (Å²) in [5, 5.41) is 9.55. The second kappa shape index (κ2) is 6.73. The van der Waals surface area contributed by atoms with Crippen molar-refractivity contribution in [1.82, 2.24) is 4.90 Å². The summed E-state index contributed by atoms with van der Waals surface area (Å²) in [6.07, 6.45) is -0.480. The highest BCUT2D eigenvalue weighted by molar-refractivity contribution is 5.42. The zero-order valence-corrected chi connectivity index (χ0v) is 11.7. The first-order valence-corrected chi connectivity index (χ1v) is 6.18. The number of hydrogen-bond donors (Lipinski definition) is 2. The highest BCUT2D eigenvalue weighted by Gasteiger charge is 2.12. The molecule has 18 heavy (non-hydrogen) atoms. The number of rotatable bonds is 6. The number of hydrogen-bond acceptors (Lipinski definition) is 4. The topological polar surface area (TPSA) is 58.7 Å². The lowest BCUT2D eigenvalue weighted by Crippen LogP contribution is -2.34. The fraction of sp³-hybridized carbons (Fsp3) is 0.571. The summed E-state index contributed by atoms with van der Waals surface area (Å²) < 4.78 is 5.43. The number of aliphatic hydroxyl groups is 1. The van der Waals surface area contributed by atoms with E-state index in [2.05, 4.69) is 24.8 Å². The van der Waals surface area contributed by atoms with Crippen LogP contribution < -0.4 is 10.5 Å². The average Bonchev–Trinajstić information content (AvgIpc) is 2.31. The molecular formula is C14H24N2O2. The van der Waals surface area contributed by atoms with Crippen LogP contribution in [0.2, 0.25) is 0 Å². The van der Waals surface area contributed by atoms with Gasteiger partial charge < -0.3 is 15.6 Å². The third-order valence-electron chi connectivity index (χ3n) is 3.02. The molecule has 1 aromatic rings. The molecule has 1 rings (SSSR count). The molecule has 0 radical (unpaired) electrons. The van der Waals surface area contributed by atoms with E-state index in [-0.39, 0.29) is 6.54 Å². The number of benzene rings is 1. The van der Waals surface area contributed by atoms with Gasteiger partial charge in [-0.2, -0.15) is 0 Å². The molecule has 0 aliphatic carbocycles. The average molecular weight is 252 g/mol. The molecule has 3 N–H and O–H groups in total. The zero-order chi connectivity index (χ0) is 13.7. The van der Waals surface area contributed by atoms with Gasteiger partial charge in [0.2, 0.25) is 0 Å². The minimum absolute atomic E-state index is 0.286. The maximum atomic E-state index is 9.55. The third-order valence-corrected chi connectivity index (χ3v) is 3.02. The predicted octanol–water partition coefficient (Wildman–Crippen LogP) is 1.06. The van der Waals surface area contributed by atoms with E-state index in [1.807, 2.05) is 13.1 Å². The van der Waals surface area contributed by atoms with Gasteiger partial charge in [0.25, 0.3) is 0 Å². The van der Waals surface area contributed by atoms with Gasteiger partial charge in [-0.1, -0.05) is 6.07 Å². The summed E-state index contributed by atoms with van der Waals surface area (Å²) in [6, 6.07) is 4.18. The van der Waals surface area contributed by atoms with E-state index in [1.54, 1.807) is 7.11 Å². The Morgan fingerprint density at radius 1 is 1.39 bits per heavy atom. The molecule has 1 atom stereocenters. The van der Waals surface area contributed by atoms with Crippen molar-refractivity contribution in [3.05, 3.63) is 28.8 Å². The summed E-state index contributed by atoms with van der Waals surface area (Å²) in [7, 11) is 3.66. The molecular weight excluding hydrogens is 228 g/mol. The van der Waals surface area contributed by atoms with Crippen LogP contribution in [0.15, 0.2) is 12.1 Å². The summed E-state index contributed by atoms with van der Waals surface area (Å²) in [4.78, 5) is 2.05. The highest BCUT2D eigenvalue weighted by atomic mass is 16.5. The SMILES string of the molecule is COc1cc(C)cc(C)c1CN(C)CC(O)CN. The van der Waals surface area contributed by atoms with E-state index < -0.39 is 6.10 Å². The molecule has 0 saturated carbocycles. The second-order valence-electron chi connectivity index (χ2n) is 4.85. The minimum atomic E-state index is -0.480. The summed E-state index contributed by atoms with van der Waals surface area (Å²) in [5.41, 5.74) is 8.98. The molecule has 102 valence electrons. The van der Waals surface area contributed by atoms with Gasteiger partial charge in [0, 0.05) is 25.2 Å². The second-order valence-corrected chi connectivity index (χ2v) is 4.85. The Morgan fingerprint density at radius 2 is 2.06 bits per heavy atom. The molecule has 1 unspecified atom stereocenters. The Hall–Kier alpha value is -1.10. The molecule has 4 nitrogen and oxygen atoms in total. The van der Waals surface area contributed by atoms with E-state index in [0.29, 0.717) is 6.54 Å². The smallest absolute Gasteiger partial charge is 0.123 e. The lowest BCUT2D eigenvalue weighted by molar-refractivity contribution is 0.129. The first-order valence-electron chi connectivity index (χ1n) is 6.18.